The molecule has 1 aromatic heterocycles. The Labute approximate surface area is 326 Å². The van der Waals surface area contributed by atoms with E-state index in [9.17, 15) is 20.2 Å². The average molecular weight is 768 g/mol. The molecule has 2 heterocycles. The molecule has 1 aliphatic heterocycles. The second-order valence-electron chi connectivity index (χ2n) is 13.0. The number of anilines is 8. The maximum atomic E-state index is 12.2. The minimum Gasteiger partial charge on any atom is -0.497 e. The van der Waals surface area contributed by atoms with Gasteiger partial charge in [0.25, 0.3) is 5.69 Å². The third-order valence-corrected chi connectivity index (χ3v) is 9.12. The third-order valence-electron chi connectivity index (χ3n) is 9.12. The first-order valence-corrected chi connectivity index (χ1v) is 17.6. The Bertz CT molecular complexity index is 2360. The first-order chi connectivity index (χ1) is 27.6. The molecule has 1 unspecified atom stereocenters. The number of hydrogen-bond donors (Lipinski definition) is 3. The molecular formula is C40H37N11O6. The van der Waals surface area contributed by atoms with Gasteiger partial charge in [0.15, 0.2) is 0 Å². The van der Waals surface area contributed by atoms with Gasteiger partial charge in [0.1, 0.15) is 17.2 Å². The van der Waals surface area contributed by atoms with Crippen LogP contribution in [0.1, 0.15) is 23.6 Å². The molecule has 6 aromatic rings. The maximum Gasteiger partial charge on any atom is 0.301 e. The van der Waals surface area contributed by atoms with Crippen molar-refractivity contribution in [2.24, 2.45) is 5.10 Å². The fraction of sp³-hybridized carbons (Fsp3) is 0.150. The Hall–Kier alpha value is -7.82. The summed E-state index contributed by atoms with van der Waals surface area (Å²) in [5, 5.41) is 39.8. The fourth-order valence-electron chi connectivity index (χ4n) is 6.15. The van der Waals surface area contributed by atoms with Gasteiger partial charge >= 0.3 is 5.69 Å². The first-order valence-electron chi connectivity index (χ1n) is 17.6. The van der Waals surface area contributed by atoms with E-state index in [1.165, 1.54) is 12.1 Å². The minimum absolute atomic E-state index is 0.147. The van der Waals surface area contributed by atoms with Gasteiger partial charge in [-0.15, -0.1) is 0 Å². The zero-order valence-corrected chi connectivity index (χ0v) is 31.3. The number of benzene rings is 5. The summed E-state index contributed by atoms with van der Waals surface area (Å²) in [4.78, 5) is 38.2. The molecule has 17 heteroatoms. The Morgan fingerprint density at radius 3 is 1.60 bits per heavy atom. The van der Waals surface area contributed by atoms with Gasteiger partial charge in [0.2, 0.25) is 17.8 Å². The number of ether oxygens (including phenoxy) is 2. The van der Waals surface area contributed by atoms with Crippen molar-refractivity contribution in [3.05, 3.63) is 147 Å². The summed E-state index contributed by atoms with van der Waals surface area (Å²) < 4.78 is 10.6. The molecule has 0 aliphatic carbocycles. The molecule has 1 aliphatic rings. The van der Waals surface area contributed by atoms with Crippen molar-refractivity contribution in [2.45, 2.75) is 12.5 Å². The Morgan fingerprint density at radius 2 is 1.16 bits per heavy atom. The van der Waals surface area contributed by atoms with Gasteiger partial charge in [-0.3, -0.25) is 25.2 Å². The van der Waals surface area contributed by atoms with Crippen molar-refractivity contribution in [1.29, 1.82) is 0 Å². The number of hydrazone groups is 1. The highest BCUT2D eigenvalue weighted by Crippen LogP contribution is 2.42. The Kier molecular flexibility index (Phi) is 10.7. The predicted octanol–water partition coefficient (Wildman–Crippen LogP) is 8.36. The number of nitro benzene ring substituents is 2. The van der Waals surface area contributed by atoms with Crippen LogP contribution in [0.3, 0.4) is 0 Å². The molecule has 3 N–H and O–H groups in total. The van der Waals surface area contributed by atoms with Crippen molar-refractivity contribution in [3.63, 3.8) is 0 Å². The second-order valence-corrected chi connectivity index (χ2v) is 13.0. The third kappa shape index (κ3) is 8.62. The van der Waals surface area contributed by atoms with Gasteiger partial charge < -0.3 is 30.3 Å². The van der Waals surface area contributed by atoms with Crippen LogP contribution in [0, 0.1) is 20.2 Å². The normalized spacial score (nSPS) is 13.4. The minimum atomic E-state index is -0.657. The number of non-ortho nitro benzene ring substituents is 1. The number of rotatable bonds is 14. The van der Waals surface area contributed by atoms with Gasteiger partial charge in [0, 0.05) is 49.3 Å². The predicted molar refractivity (Wildman–Crippen MR) is 219 cm³/mol. The zero-order valence-electron chi connectivity index (χ0n) is 31.3. The highest BCUT2D eigenvalue weighted by molar-refractivity contribution is 6.03. The van der Waals surface area contributed by atoms with E-state index in [2.05, 4.69) is 30.9 Å². The van der Waals surface area contributed by atoms with Gasteiger partial charge in [-0.2, -0.15) is 20.1 Å². The standard InChI is InChI=1S/C40H37N11O6/c1-48(2)30-15-7-26(8-16-30)36-24-34(47-49(36)35-22-17-31(50(52)53)23-37(35)51(54)55)25-5-9-27(10-6-25)41-38-44-39(42-28-11-18-32(56-3)19-12-28)46-40(45-38)43-29-13-20-33(57-4)21-14-29/h5-23,36H,24H2,1-4H3,(H3,41,42,43,44,45,46). The first kappa shape index (κ1) is 37.5. The molecule has 17 nitrogen and oxygen atoms in total. The lowest BCUT2D eigenvalue weighted by Gasteiger charge is -2.24. The molecule has 0 bridgehead atoms. The Balaban J connectivity index is 1.18. The summed E-state index contributed by atoms with van der Waals surface area (Å²) in [5.74, 6) is 2.26. The van der Waals surface area contributed by atoms with Gasteiger partial charge in [-0.1, -0.05) is 24.3 Å². The molecule has 288 valence electrons. The summed E-state index contributed by atoms with van der Waals surface area (Å²) >= 11 is 0. The fourth-order valence-corrected chi connectivity index (χ4v) is 6.15. The molecule has 7 rings (SSSR count). The van der Waals surface area contributed by atoms with Gasteiger partial charge in [-0.25, -0.2) is 0 Å². The Morgan fingerprint density at radius 1 is 0.667 bits per heavy atom. The molecular weight excluding hydrogens is 731 g/mol. The quantitative estimate of drug-likeness (QED) is 0.0705. The lowest BCUT2D eigenvalue weighted by atomic mass is 9.97. The maximum absolute atomic E-state index is 12.2. The zero-order chi connectivity index (χ0) is 40.1. The summed E-state index contributed by atoms with van der Waals surface area (Å²) in [6.07, 6.45) is 0.413. The van der Waals surface area contributed by atoms with E-state index in [1.54, 1.807) is 19.2 Å². The van der Waals surface area contributed by atoms with Gasteiger partial charge in [0.05, 0.1) is 41.9 Å². The monoisotopic (exact) mass is 767 g/mol. The van der Waals surface area contributed by atoms with E-state index in [0.29, 0.717) is 29.3 Å². The number of aromatic nitrogens is 3. The van der Waals surface area contributed by atoms with E-state index in [4.69, 9.17) is 14.6 Å². The number of nitrogens with one attached hydrogen (secondary N) is 3. The van der Waals surface area contributed by atoms with E-state index >= 15 is 0 Å². The highest BCUT2D eigenvalue weighted by atomic mass is 16.6. The van der Waals surface area contributed by atoms with Crippen LogP contribution < -0.4 is 35.3 Å². The summed E-state index contributed by atoms with van der Waals surface area (Å²) in [6, 6.07) is 33.2. The van der Waals surface area contributed by atoms with Crippen LogP contribution in [0.5, 0.6) is 11.5 Å². The van der Waals surface area contributed by atoms with Crippen LogP contribution in [0.15, 0.2) is 120 Å². The number of methoxy groups -OCH3 is 2. The van der Waals surface area contributed by atoms with Crippen LogP contribution in [0.4, 0.5) is 57.7 Å². The van der Waals surface area contributed by atoms with Crippen LogP contribution in [0.25, 0.3) is 0 Å². The van der Waals surface area contributed by atoms with Crippen LogP contribution in [-0.2, 0) is 0 Å². The molecule has 0 spiro atoms. The van der Waals surface area contributed by atoms with E-state index in [1.807, 2.05) is 116 Å². The van der Waals surface area contributed by atoms with Crippen molar-refractivity contribution in [1.82, 2.24) is 15.0 Å². The molecule has 57 heavy (non-hydrogen) atoms. The number of nitro groups is 2. The molecule has 0 fully saturated rings. The van der Waals surface area contributed by atoms with Crippen LogP contribution in [0.2, 0.25) is 0 Å². The van der Waals surface area contributed by atoms with Crippen molar-refractivity contribution >= 4 is 63.4 Å². The number of hydrogen-bond acceptors (Lipinski definition) is 15. The SMILES string of the molecule is COc1ccc(Nc2nc(Nc3ccc(OC)cc3)nc(Nc3ccc(C4=NN(c5ccc([N+](=O)[O-])cc5[N+](=O)[O-])C(c5ccc(N(C)C)cc5)C4)cc3)n2)cc1. The molecule has 0 amide bonds. The largest absolute Gasteiger partial charge is 0.497 e. The number of nitrogens with zero attached hydrogens (tertiary/aromatic N) is 8. The topological polar surface area (TPSA) is 198 Å². The summed E-state index contributed by atoms with van der Waals surface area (Å²) in [7, 11) is 7.08. The molecule has 1 atom stereocenters. The average Bonchev–Trinajstić information content (AvgIpc) is 3.67. The molecule has 0 saturated heterocycles. The van der Waals surface area contributed by atoms with Crippen molar-refractivity contribution in [2.75, 3.05) is 54.2 Å². The summed E-state index contributed by atoms with van der Waals surface area (Å²) in [6.45, 7) is 0. The van der Waals surface area contributed by atoms with Crippen LogP contribution in [-0.4, -0.2) is 58.8 Å². The second kappa shape index (κ2) is 16.3. The van der Waals surface area contributed by atoms with E-state index in [0.717, 1.165) is 34.3 Å². The smallest absolute Gasteiger partial charge is 0.301 e. The van der Waals surface area contributed by atoms with E-state index < -0.39 is 21.6 Å². The lowest BCUT2D eigenvalue weighted by molar-refractivity contribution is -0.393. The lowest BCUT2D eigenvalue weighted by Crippen LogP contribution is -2.20. The molecule has 0 saturated carbocycles. The molecule has 5 aromatic carbocycles. The van der Waals surface area contributed by atoms with E-state index in [-0.39, 0.29) is 29.2 Å². The van der Waals surface area contributed by atoms with Crippen molar-refractivity contribution < 1.29 is 19.3 Å². The summed E-state index contributed by atoms with van der Waals surface area (Å²) in [5.41, 5.74) is 4.82. The van der Waals surface area contributed by atoms with Crippen molar-refractivity contribution in [3.8, 4) is 11.5 Å². The highest BCUT2D eigenvalue weighted by Gasteiger charge is 2.35. The molecule has 0 radical (unpaired) electrons. The van der Waals surface area contributed by atoms with Gasteiger partial charge in [-0.05, 0) is 90.0 Å². The van der Waals surface area contributed by atoms with Crippen LogP contribution >= 0.6 is 0 Å².